The van der Waals surface area contributed by atoms with Crippen molar-refractivity contribution < 1.29 is 28.8 Å². The monoisotopic (exact) mass is 296 g/mol. The molecule has 0 amide bonds. The van der Waals surface area contributed by atoms with Crippen LogP contribution in [0.5, 0.6) is 0 Å². The maximum Gasteiger partial charge on any atom is 0.104 e. The molecule has 2 aliphatic rings. The van der Waals surface area contributed by atoms with E-state index in [2.05, 4.69) is 0 Å². The Labute approximate surface area is 117 Å². The molecule has 2 heterocycles. The summed E-state index contributed by atoms with van der Waals surface area (Å²) >= 11 is 5.77. The van der Waals surface area contributed by atoms with Crippen LogP contribution in [0, 0.1) is 0 Å². The first-order valence-electron chi connectivity index (χ1n) is 6.52. The van der Waals surface area contributed by atoms with Crippen molar-refractivity contribution in [2.75, 3.05) is 52.1 Å². The van der Waals surface area contributed by atoms with Gasteiger partial charge in [-0.2, -0.15) is 0 Å². The molecule has 0 aromatic heterocycles. The molecular weight excluding hydrogens is 276 g/mol. The Bertz CT molecular complexity index is 246. The zero-order valence-electron chi connectivity index (χ0n) is 10.8. The number of alkyl halides is 1. The molecule has 0 aromatic carbocycles. The van der Waals surface area contributed by atoms with E-state index in [4.69, 9.17) is 35.3 Å². The maximum atomic E-state index is 9.61. The summed E-state index contributed by atoms with van der Waals surface area (Å²) in [5.74, 6) is 0.359. The molecule has 0 saturated carbocycles. The van der Waals surface area contributed by atoms with Gasteiger partial charge in [0.05, 0.1) is 58.2 Å². The van der Waals surface area contributed by atoms with Crippen LogP contribution in [0.4, 0.5) is 0 Å². The number of epoxide rings is 2. The van der Waals surface area contributed by atoms with Crippen molar-refractivity contribution in [3.05, 3.63) is 0 Å². The predicted octanol–water partition coefficient (Wildman–Crippen LogP) is -0.198. The van der Waals surface area contributed by atoms with E-state index in [-0.39, 0.29) is 31.5 Å². The normalized spacial score (nSPS) is 28.1. The minimum atomic E-state index is -0.638. The number of hydrogen-bond donors (Lipinski definition) is 1. The van der Waals surface area contributed by atoms with Crippen LogP contribution in [-0.4, -0.2) is 81.7 Å². The van der Waals surface area contributed by atoms with Gasteiger partial charge in [-0.15, -0.1) is 11.6 Å². The number of aliphatic hydroxyl groups is 1. The van der Waals surface area contributed by atoms with Gasteiger partial charge in [0, 0.05) is 0 Å². The van der Waals surface area contributed by atoms with Gasteiger partial charge >= 0.3 is 0 Å². The van der Waals surface area contributed by atoms with Gasteiger partial charge in [-0.3, -0.25) is 0 Å². The quantitative estimate of drug-likeness (QED) is 0.397. The topological polar surface area (TPSA) is 73.0 Å². The highest BCUT2D eigenvalue weighted by molar-refractivity contribution is 6.18. The molecule has 0 spiro atoms. The lowest BCUT2D eigenvalue weighted by atomic mass is 10.4. The van der Waals surface area contributed by atoms with Crippen molar-refractivity contribution in [1.82, 2.24) is 0 Å². The van der Waals surface area contributed by atoms with Crippen molar-refractivity contribution in [1.29, 1.82) is 0 Å². The zero-order chi connectivity index (χ0) is 13.5. The van der Waals surface area contributed by atoms with Crippen molar-refractivity contribution >= 4 is 11.6 Å². The molecule has 4 atom stereocenters. The van der Waals surface area contributed by atoms with Gasteiger partial charge in [0.1, 0.15) is 18.3 Å². The molecular formula is C12H21ClO6. The number of rotatable bonds is 12. The van der Waals surface area contributed by atoms with Crippen LogP contribution >= 0.6 is 11.6 Å². The first-order chi connectivity index (χ1) is 9.28. The van der Waals surface area contributed by atoms with Gasteiger partial charge < -0.3 is 28.8 Å². The third-order valence-corrected chi connectivity index (χ3v) is 3.07. The fourth-order valence-electron chi connectivity index (χ4n) is 1.43. The summed E-state index contributed by atoms with van der Waals surface area (Å²) in [7, 11) is 0. The van der Waals surface area contributed by atoms with E-state index in [1.165, 1.54) is 0 Å². The molecule has 2 aliphatic heterocycles. The van der Waals surface area contributed by atoms with Crippen molar-refractivity contribution in [3.63, 3.8) is 0 Å². The number of aliphatic hydroxyl groups excluding tert-OH is 1. The van der Waals surface area contributed by atoms with Gasteiger partial charge in [-0.25, -0.2) is 0 Å². The summed E-state index contributed by atoms with van der Waals surface area (Å²) in [6, 6.07) is 0. The van der Waals surface area contributed by atoms with Crippen molar-refractivity contribution in [3.8, 4) is 0 Å². The molecule has 2 fully saturated rings. The van der Waals surface area contributed by atoms with Crippen LogP contribution in [0.25, 0.3) is 0 Å². The molecule has 112 valence electrons. The summed E-state index contributed by atoms with van der Waals surface area (Å²) in [5.41, 5.74) is 0. The van der Waals surface area contributed by atoms with Gasteiger partial charge in [-0.05, 0) is 0 Å². The van der Waals surface area contributed by atoms with Gasteiger partial charge in [0.15, 0.2) is 0 Å². The predicted molar refractivity (Wildman–Crippen MR) is 67.6 cm³/mol. The highest BCUT2D eigenvalue weighted by Crippen LogP contribution is 2.11. The summed E-state index contributed by atoms with van der Waals surface area (Å²) in [4.78, 5) is 0. The Morgan fingerprint density at radius 3 is 2.32 bits per heavy atom. The van der Waals surface area contributed by atoms with E-state index < -0.39 is 6.10 Å². The lowest BCUT2D eigenvalue weighted by Crippen LogP contribution is -2.28. The Morgan fingerprint density at radius 1 is 1.05 bits per heavy atom. The van der Waals surface area contributed by atoms with Crippen LogP contribution in [-0.2, 0) is 23.7 Å². The Balaban J connectivity index is 1.43. The lowest BCUT2D eigenvalue weighted by molar-refractivity contribution is -0.0537. The number of ether oxygens (including phenoxy) is 5. The molecule has 0 bridgehead atoms. The van der Waals surface area contributed by atoms with Crippen LogP contribution in [0.2, 0.25) is 0 Å². The summed E-state index contributed by atoms with van der Waals surface area (Å²) in [5, 5.41) is 9.61. The first kappa shape index (κ1) is 15.4. The summed E-state index contributed by atoms with van der Waals surface area (Å²) < 4.78 is 26.2. The summed E-state index contributed by atoms with van der Waals surface area (Å²) in [6.07, 6.45) is -0.374. The second-order valence-electron chi connectivity index (χ2n) is 4.75. The average molecular weight is 297 g/mol. The van der Waals surface area contributed by atoms with Crippen LogP contribution in [0.3, 0.4) is 0 Å². The standard InChI is InChI=1S/C12H21ClO6/c13-1-10(17-7-12-8-19-12)4-15-2-9(14)3-16-5-11-6-18-11/h9-12,14H,1-8H2. The van der Waals surface area contributed by atoms with E-state index in [0.29, 0.717) is 25.7 Å². The molecule has 6 nitrogen and oxygen atoms in total. The van der Waals surface area contributed by atoms with Crippen molar-refractivity contribution in [2.45, 2.75) is 24.4 Å². The molecule has 4 unspecified atom stereocenters. The van der Waals surface area contributed by atoms with E-state index in [1.807, 2.05) is 0 Å². The molecule has 0 radical (unpaired) electrons. The molecule has 7 heteroatoms. The molecule has 2 rings (SSSR count). The third kappa shape index (κ3) is 7.41. The smallest absolute Gasteiger partial charge is 0.104 e. The number of hydrogen-bond acceptors (Lipinski definition) is 6. The largest absolute Gasteiger partial charge is 0.388 e. The molecule has 1 N–H and O–H groups in total. The fraction of sp³-hybridized carbons (Fsp3) is 1.00. The Morgan fingerprint density at radius 2 is 1.68 bits per heavy atom. The van der Waals surface area contributed by atoms with E-state index in [9.17, 15) is 5.11 Å². The number of halogens is 1. The molecule has 0 aromatic rings. The Hall–Kier alpha value is 0.0500. The third-order valence-electron chi connectivity index (χ3n) is 2.72. The van der Waals surface area contributed by atoms with Gasteiger partial charge in [0.2, 0.25) is 0 Å². The van der Waals surface area contributed by atoms with E-state index >= 15 is 0 Å². The second kappa shape index (κ2) is 8.36. The Kier molecular flexibility index (Phi) is 6.79. The highest BCUT2D eigenvalue weighted by atomic mass is 35.5. The van der Waals surface area contributed by atoms with Crippen molar-refractivity contribution in [2.24, 2.45) is 0 Å². The first-order valence-corrected chi connectivity index (χ1v) is 7.05. The van der Waals surface area contributed by atoms with Gasteiger partial charge in [0.25, 0.3) is 0 Å². The molecule has 0 aliphatic carbocycles. The van der Waals surface area contributed by atoms with Gasteiger partial charge in [-0.1, -0.05) is 0 Å². The minimum absolute atomic E-state index is 0.168. The maximum absolute atomic E-state index is 9.61. The van der Waals surface area contributed by atoms with Crippen LogP contribution in [0.15, 0.2) is 0 Å². The van der Waals surface area contributed by atoms with Crippen LogP contribution < -0.4 is 0 Å². The zero-order valence-corrected chi connectivity index (χ0v) is 11.6. The fourth-order valence-corrected chi connectivity index (χ4v) is 1.61. The molecule has 19 heavy (non-hydrogen) atoms. The average Bonchev–Trinajstić information content (AvgIpc) is 3.26. The molecule has 2 saturated heterocycles. The van der Waals surface area contributed by atoms with E-state index in [0.717, 1.165) is 13.2 Å². The summed E-state index contributed by atoms with van der Waals surface area (Å²) in [6.45, 7) is 3.42. The SMILES string of the molecule is OC(COCC(CCl)OCC1CO1)COCC1CO1. The highest BCUT2D eigenvalue weighted by Gasteiger charge is 2.24. The second-order valence-corrected chi connectivity index (χ2v) is 5.06. The van der Waals surface area contributed by atoms with Crippen LogP contribution in [0.1, 0.15) is 0 Å². The van der Waals surface area contributed by atoms with E-state index in [1.54, 1.807) is 0 Å². The minimum Gasteiger partial charge on any atom is -0.388 e. The lowest BCUT2D eigenvalue weighted by Gasteiger charge is -2.16.